The molecular weight excluding hydrogens is 218 g/mol. The molecular formula is C17H17N. The molecule has 1 aromatic carbocycles. The van der Waals surface area contributed by atoms with Crippen molar-refractivity contribution in [2.45, 2.75) is 19.8 Å². The number of hydrogen-bond donors (Lipinski definition) is 0. The van der Waals surface area contributed by atoms with E-state index in [0.29, 0.717) is 11.8 Å². The second-order valence-corrected chi connectivity index (χ2v) is 5.12. The van der Waals surface area contributed by atoms with E-state index in [1.54, 1.807) is 0 Å². The largest absolute Gasteiger partial charge is 0.260 e. The third-order valence-electron chi connectivity index (χ3n) is 3.61. The van der Waals surface area contributed by atoms with Crippen LogP contribution in [-0.2, 0) is 0 Å². The number of benzene rings is 1. The van der Waals surface area contributed by atoms with E-state index in [2.05, 4.69) is 61.3 Å². The van der Waals surface area contributed by atoms with Gasteiger partial charge in [-0.25, -0.2) is 0 Å². The fourth-order valence-corrected chi connectivity index (χ4v) is 2.72. The number of hydrogen-bond acceptors (Lipinski definition) is 1. The molecule has 0 aliphatic heterocycles. The molecule has 1 atom stereocenters. The number of rotatable bonds is 2. The highest BCUT2D eigenvalue weighted by molar-refractivity contribution is 5.69. The fourth-order valence-electron chi connectivity index (χ4n) is 2.72. The Kier molecular flexibility index (Phi) is 2.75. The van der Waals surface area contributed by atoms with Crippen molar-refractivity contribution in [1.82, 2.24) is 4.98 Å². The fraction of sp³-hybridized carbons (Fsp3) is 0.235. The minimum atomic E-state index is 0.336. The molecule has 0 fully saturated rings. The lowest BCUT2D eigenvalue weighted by Crippen LogP contribution is -2.07. The molecule has 0 N–H and O–H groups in total. The molecule has 0 bridgehead atoms. The molecule has 1 aliphatic rings. The highest BCUT2D eigenvalue weighted by Crippen LogP contribution is 2.43. The highest BCUT2D eigenvalue weighted by atomic mass is 14.7. The number of pyridine rings is 1. The van der Waals surface area contributed by atoms with Crippen molar-refractivity contribution in [2.24, 2.45) is 5.92 Å². The minimum absolute atomic E-state index is 0.336. The van der Waals surface area contributed by atoms with Crippen LogP contribution in [0.15, 0.2) is 54.2 Å². The van der Waals surface area contributed by atoms with E-state index in [1.807, 2.05) is 12.3 Å². The van der Waals surface area contributed by atoms with E-state index in [4.69, 9.17) is 0 Å². The van der Waals surface area contributed by atoms with Crippen LogP contribution in [0.4, 0.5) is 0 Å². The normalized spacial score (nSPS) is 17.7. The van der Waals surface area contributed by atoms with Crippen LogP contribution in [0.1, 0.15) is 36.6 Å². The maximum absolute atomic E-state index is 4.55. The summed E-state index contributed by atoms with van der Waals surface area (Å²) in [6, 6.07) is 14.8. The van der Waals surface area contributed by atoms with Gasteiger partial charge in [0.2, 0.25) is 0 Å². The predicted octanol–water partition coefficient (Wildman–Crippen LogP) is 4.27. The van der Waals surface area contributed by atoms with Gasteiger partial charge in [-0.1, -0.05) is 55.8 Å². The van der Waals surface area contributed by atoms with Gasteiger partial charge in [0, 0.05) is 12.1 Å². The van der Waals surface area contributed by atoms with Crippen molar-refractivity contribution in [2.75, 3.05) is 0 Å². The molecule has 1 nitrogen and oxygen atoms in total. The van der Waals surface area contributed by atoms with E-state index in [1.165, 1.54) is 16.7 Å². The standard InChI is InChI=1S/C17H17N/c1-12(2)15-11-13-7-3-4-8-14(13)17(15)16-9-5-6-10-18-16/h3-12,17H,1-2H3. The smallest absolute Gasteiger partial charge is 0.0519 e. The molecule has 18 heavy (non-hydrogen) atoms. The van der Waals surface area contributed by atoms with Gasteiger partial charge in [-0.15, -0.1) is 0 Å². The second kappa shape index (κ2) is 4.41. The average Bonchev–Trinajstić information content (AvgIpc) is 2.79. The Hall–Kier alpha value is -1.89. The molecule has 90 valence electrons. The van der Waals surface area contributed by atoms with Crippen LogP contribution in [-0.4, -0.2) is 4.98 Å². The third-order valence-corrected chi connectivity index (χ3v) is 3.61. The summed E-state index contributed by atoms with van der Waals surface area (Å²) < 4.78 is 0. The van der Waals surface area contributed by atoms with Crippen molar-refractivity contribution in [3.63, 3.8) is 0 Å². The quantitative estimate of drug-likeness (QED) is 0.757. The lowest BCUT2D eigenvalue weighted by atomic mass is 9.86. The average molecular weight is 235 g/mol. The van der Waals surface area contributed by atoms with Crippen molar-refractivity contribution in [3.8, 4) is 0 Å². The molecule has 0 saturated carbocycles. The van der Waals surface area contributed by atoms with Crippen LogP contribution in [0.2, 0.25) is 0 Å². The first kappa shape index (κ1) is 11.2. The van der Waals surface area contributed by atoms with Gasteiger partial charge in [0.1, 0.15) is 0 Å². The molecule has 1 heterocycles. The van der Waals surface area contributed by atoms with E-state index < -0.39 is 0 Å². The Morgan fingerprint density at radius 3 is 2.50 bits per heavy atom. The zero-order valence-electron chi connectivity index (χ0n) is 10.8. The Labute approximate surface area is 108 Å². The van der Waals surface area contributed by atoms with Gasteiger partial charge in [0.25, 0.3) is 0 Å². The summed E-state index contributed by atoms with van der Waals surface area (Å²) in [6.45, 7) is 4.52. The second-order valence-electron chi connectivity index (χ2n) is 5.12. The van der Waals surface area contributed by atoms with E-state index in [-0.39, 0.29) is 0 Å². The van der Waals surface area contributed by atoms with Crippen molar-refractivity contribution in [3.05, 3.63) is 71.1 Å². The molecule has 0 spiro atoms. The maximum Gasteiger partial charge on any atom is 0.0519 e. The van der Waals surface area contributed by atoms with Gasteiger partial charge in [-0.3, -0.25) is 4.98 Å². The highest BCUT2D eigenvalue weighted by Gasteiger charge is 2.28. The van der Waals surface area contributed by atoms with Crippen LogP contribution in [0, 0.1) is 5.92 Å². The van der Waals surface area contributed by atoms with Crippen molar-refractivity contribution in [1.29, 1.82) is 0 Å². The van der Waals surface area contributed by atoms with Gasteiger partial charge < -0.3 is 0 Å². The number of fused-ring (bicyclic) bond motifs is 1. The molecule has 1 heteroatoms. The SMILES string of the molecule is CC(C)C1=Cc2ccccc2C1c1ccccn1. The monoisotopic (exact) mass is 235 g/mol. The lowest BCUT2D eigenvalue weighted by Gasteiger charge is -2.19. The van der Waals surface area contributed by atoms with E-state index >= 15 is 0 Å². The minimum Gasteiger partial charge on any atom is -0.260 e. The number of aromatic nitrogens is 1. The summed E-state index contributed by atoms with van der Waals surface area (Å²) in [5, 5.41) is 0. The maximum atomic E-state index is 4.55. The van der Waals surface area contributed by atoms with Crippen LogP contribution < -0.4 is 0 Å². The Balaban J connectivity index is 2.14. The predicted molar refractivity (Wildman–Crippen MR) is 75.3 cm³/mol. The van der Waals surface area contributed by atoms with Gasteiger partial charge in [-0.05, 0) is 29.2 Å². The zero-order chi connectivity index (χ0) is 12.5. The summed E-state index contributed by atoms with van der Waals surface area (Å²) in [6.07, 6.45) is 4.22. The summed E-state index contributed by atoms with van der Waals surface area (Å²) in [7, 11) is 0. The van der Waals surface area contributed by atoms with Gasteiger partial charge in [-0.2, -0.15) is 0 Å². The summed E-state index contributed by atoms with van der Waals surface area (Å²) in [4.78, 5) is 4.55. The Morgan fingerprint density at radius 2 is 1.78 bits per heavy atom. The van der Waals surface area contributed by atoms with Crippen molar-refractivity contribution >= 4 is 6.08 Å². The van der Waals surface area contributed by atoms with Crippen LogP contribution in [0.5, 0.6) is 0 Å². The topological polar surface area (TPSA) is 12.9 Å². The zero-order valence-corrected chi connectivity index (χ0v) is 10.8. The van der Waals surface area contributed by atoms with Crippen LogP contribution in [0.25, 0.3) is 6.08 Å². The van der Waals surface area contributed by atoms with Gasteiger partial charge in [0.05, 0.1) is 5.69 Å². The van der Waals surface area contributed by atoms with Crippen LogP contribution >= 0.6 is 0 Å². The molecule has 1 aliphatic carbocycles. The Bertz CT molecular complexity index is 582. The van der Waals surface area contributed by atoms with Gasteiger partial charge >= 0.3 is 0 Å². The molecule has 1 aromatic heterocycles. The number of nitrogens with zero attached hydrogens (tertiary/aromatic N) is 1. The summed E-state index contributed by atoms with van der Waals surface area (Å²) >= 11 is 0. The molecule has 0 saturated heterocycles. The van der Waals surface area contributed by atoms with E-state index in [0.717, 1.165) is 5.69 Å². The molecule has 2 aromatic rings. The van der Waals surface area contributed by atoms with E-state index in [9.17, 15) is 0 Å². The number of allylic oxidation sites excluding steroid dienone is 1. The molecule has 3 rings (SSSR count). The lowest BCUT2D eigenvalue weighted by molar-refractivity contribution is 0.707. The molecule has 0 radical (unpaired) electrons. The first-order valence-corrected chi connectivity index (χ1v) is 6.48. The van der Waals surface area contributed by atoms with Crippen LogP contribution in [0.3, 0.4) is 0 Å². The first-order chi connectivity index (χ1) is 8.77. The third kappa shape index (κ3) is 1.76. The molecule has 0 amide bonds. The first-order valence-electron chi connectivity index (χ1n) is 6.48. The Morgan fingerprint density at radius 1 is 1.00 bits per heavy atom. The summed E-state index contributed by atoms with van der Waals surface area (Å²) in [5.41, 5.74) is 5.36. The summed E-state index contributed by atoms with van der Waals surface area (Å²) in [5.74, 6) is 0.881. The van der Waals surface area contributed by atoms with Gasteiger partial charge in [0.15, 0.2) is 0 Å². The van der Waals surface area contributed by atoms with Crippen molar-refractivity contribution < 1.29 is 0 Å². The molecule has 1 unspecified atom stereocenters.